The molecule has 0 saturated carbocycles. The third-order valence-corrected chi connectivity index (χ3v) is 2.82. The zero-order valence-electron chi connectivity index (χ0n) is 8.31. The minimum atomic E-state index is -0.606. The van der Waals surface area contributed by atoms with Gasteiger partial charge in [0.1, 0.15) is 5.82 Å². The first-order chi connectivity index (χ1) is 7.54. The van der Waals surface area contributed by atoms with Gasteiger partial charge in [-0.15, -0.1) is 0 Å². The first-order valence-corrected chi connectivity index (χ1v) is 5.96. The van der Waals surface area contributed by atoms with Gasteiger partial charge in [-0.25, -0.2) is 9.18 Å². The number of esters is 1. The highest BCUT2D eigenvalue weighted by Gasteiger charge is 2.05. The lowest BCUT2D eigenvalue weighted by Crippen LogP contribution is -1.99. The molecule has 5 heteroatoms. The van der Waals surface area contributed by atoms with Gasteiger partial charge in [-0.2, -0.15) is 0 Å². The van der Waals surface area contributed by atoms with Crippen LogP contribution < -0.4 is 0 Å². The van der Waals surface area contributed by atoms with Gasteiger partial charge in [0.2, 0.25) is 0 Å². The van der Waals surface area contributed by atoms with Crippen LogP contribution >= 0.6 is 31.9 Å². The van der Waals surface area contributed by atoms with Crippen molar-refractivity contribution < 1.29 is 13.9 Å². The summed E-state index contributed by atoms with van der Waals surface area (Å²) in [5.74, 6) is 3.92. The number of carbonyl (C=O) groups is 1. The molecular weight excluding hydrogens is 343 g/mol. The SMILES string of the molecule is CCOC(=O)C#Cc1c(Br)cc(F)cc1Br. The topological polar surface area (TPSA) is 26.3 Å². The van der Waals surface area contributed by atoms with Gasteiger partial charge in [0.15, 0.2) is 0 Å². The summed E-state index contributed by atoms with van der Waals surface area (Å²) >= 11 is 6.32. The largest absolute Gasteiger partial charge is 0.456 e. The van der Waals surface area contributed by atoms with E-state index in [0.717, 1.165) is 0 Å². The number of rotatable bonds is 1. The van der Waals surface area contributed by atoms with Crippen molar-refractivity contribution in [3.8, 4) is 11.8 Å². The molecule has 1 aromatic rings. The maximum Gasteiger partial charge on any atom is 0.384 e. The average Bonchev–Trinajstić information content (AvgIpc) is 2.16. The number of benzene rings is 1. The van der Waals surface area contributed by atoms with Crippen LogP contribution in [0.5, 0.6) is 0 Å². The molecule has 0 heterocycles. The lowest BCUT2D eigenvalue weighted by atomic mass is 10.2. The Morgan fingerprint density at radius 3 is 2.50 bits per heavy atom. The molecule has 2 nitrogen and oxygen atoms in total. The van der Waals surface area contributed by atoms with E-state index in [2.05, 4.69) is 48.4 Å². The molecule has 0 aliphatic rings. The van der Waals surface area contributed by atoms with Crippen molar-refractivity contribution >= 4 is 37.8 Å². The average molecular weight is 350 g/mol. The molecule has 84 valence electrons. The summed E-state index contributed by atoms with van der Waals surface area (Å²) in [6.07, 6.45) is 0. The number of hydrogen-bond donors (Lipinski definition) is 0. The standard InChI is InChI=1S/C11H7Br2FO2/c1-2-16-11(15)4-3-8-9(12)5-7(14)6-10(8)13/h5-6H,2H2,1H3. The molecular formula is C11H7Br2FO2. The Balaban J connectivity index is 3.01. The summed E-state index contributed by atoms with van der Waals surface area (Å²) in [6.45, 7) is 1.97. The zero-order chi connectivity index (χ0) is 12.1. The predicted molar refractivity (Wildman–Crippen MR) is 65.3 cm³/mol. The number of halogens is 3. The summed E-state index contributed by atoms with van der Waals surface area (Å²) in [6, 6.07) is 2.56. The first kappa shape index (κ1) is 13.2. The van der Waals surface area contributed by atoms with Crippen molar-refractivity contribution in [1.29, 1.82) is 0 Å². The van der Waals surface area contributed by atoms with Crippen LogP contribution in [0.4, 0.5) is 4.39 Å². The molecule has 0 atom stereocenters. The molecule has 1 aromatic carbocycles. The van der Waals surface area contributed by atoms with Gasteiger partial charge in [0.05, 0.1) is 12.2 Å². The van der Waals surface area contributed by atoms with E-state index in [1.807, 2.05) is 0 Å². The minimum Gasteiger partial charge on any atom is -0.456 e. The highest BCUT2D eigenvalue weighted by Crippen LogP contribution is 2.25. The minimum absolute atomic E-state index is 0.277. The van der Waals surface area contributed by atoms with Gasteiger partial charge in [-0.05, 0) is 50.9 Å². The molecule has 0 amide bonds. The molecule has 1 rings (SSSR count). The summed E-state index contributed by atoms with van der Waals surface area (Å²) in [5, 5.41) is 0. The Hall–Kier alpha value is -0.860. The van der Waals surface area contributed by atoms with Gasteiger partial charge < -0.3 is 4.74 Å². The van der Waals surface area contributed by atoms with Gasteiger partial charge in [-0.3, -0.25) is 0 Å². The smallest absolute Gasteiger partial charge is 0.384 e. The molecule has 0 bridgehead atoms. The Kier molecular flexibility index (Phi) is 4.97. The number of carbonyl (C=O) groups excluding carboxylic acids is 1. The van der Waals surface area contributed by atoms with Crippen molar-refractivity contribution in [3.05, 3.63) is 32.5 Å². The second-order valence-corrected chi connectivity index (χ2v) is 4.42. The van der Waals surface area contributed by atoms with Crippen LogP contribution in [0.15, 0.2) is 21.1 Å². The quantitative estimate of drug-likeness (QED) is 0.574. The van der Waals surface area contributed by atoms with Crippen LogP contribution in [0.1, 0.15) is 12.5 Å². The van der Waals surface area contributed by atoms with E-state index in [9.17, 15) is 9.18 Å². The van der Waals surface area contributed by atoms with Crippen molar-refractivity contribution in [2.75, 3.05) is 6.61 Å². The predicted octanol–water partition coefficient (Wildman–Crippen LogP) is 3.27. The van der Waals surface area contributed by atoms with Crippen LogP contribution in [0.3, 0.4) is 0 Å². The molecule has 0 saturated heterocycles. The summed E-state index contributed by atoms with van der Waals surface area (Å²) in [5.41, 5.74) is 0.509. The summed E-state index contributed by atoms with van der Waals surface area (Å²) < 4.78 is 18.5. The molecule has 0 aliphatic carbocycles. The van der Waals surface area contributed by atoms with Crippen molar-refractivity contribution in [3.63, 3.8) is 0 Å². The van der Waals surface area contributed by atoms with Gasteiger partial charge in [0.25, 0.3) is 0 Å². The highest BCUT2D eigenvalue weighted by atomic mass is 79.9. The number of hydrogen-bond acceptors (Lipinski definition) is 2. The second kappa shape index (κ2) is 6.02. The zero-order valence-corrected chi connectivity index (χ0v) is 11.5. The maximum absolute atomic E-state index is 12.9. The molecule has 0 aromatic heterocycles. The lowest BCUT2D eigenvalue weighted by Gasteiger charge is -2.00. The Morgan fingerprint density at radius 2 is 2.00 bits per heavy atom. The van der Waals surface area contributed by atoms with Crippen molar-refractivity contribution in [2.45, 2.75) is 6.92 Å². The van der Waals surface area contributed by atoms with E-state index in [-0.39, 0.29) is 12.4 Å². The maximum atomic E-state index is 12.9. The lowest BCUT2D eigenvalue weighted by molar-refractivity contribution is -0.136. The van der Waals surface area contributed by atoms with E-state index >= 15 is 0 Å². The molecule has 0 unspecified atom stereocenters. The van der Waals surface area contributed by atoms with Crippen LogP contribution in [-0.4, -0.2) is 12.6 Å². The first-order valence-electron chi connectivity index (χ1n) is 4.38. The van der Waals surface area contributed by atoms with Crippen LogP contribution in [0.25, 0.3) is 0 Å². The van der Waals surface area contributed by atoms with Crippen LogP contribution in [-0.2, 0) is 9.53 Å². The van der Waals surface area contributed by atoms with Crippen molar-refractivity contribution in [2.24, 2.45) is 0 Å². The van der Waals surface area contributed by atoms with E-state index in [4.69, 9.17) is 0 Å². The Labute approximate surface area is 109 Å². The Bertz CT molecular complexity index is 452. The Morgan fingerprint density at radius 1 is 1.44 bits per heavy atom. The molecule has 16 heavy (non-hydrogen) atoms. The fourth-order valence-corrected chi connectivity index (χ4v) is 2.27. The summed E-state index contributed by atoms with van der Waals surface area (Å²) in [4.78, 5) is 11.0. The van der Waals surface area contributed by atoms with E-state index in [1.54, 1.807) is 6.92 Å². The number of ether oxygens (including phenoxy) is 1. The second-order valence-electron chi connectivity index (χ2n) is 2.71. The molecule has 0 fully saturated rings. The monoisotopic (exact) mass is 348 g/mol. The molecule has 0 aliphatic heterocycles. The van der Waals surface area contributed by atoms with Gasteiger partial charge in [-0.1, -0.05) is 5.92 Å². The highest BCUT2D eigenvalue weighted by molar-refractivity contribution is 9.11. The van der Waals surface area contributed by atoms with Crippen LogP contribution in [0, 0.1) is 17.7 Å². The third-order valence-electron chi connectivity index (χ3n) is 1.57. The van der Waals surface area contributed by atoms with Gasteiger partial charge >= 0.3 is 5.97 Å². The van der Waals surface area contributed by atoms with Crippen LogP contribution in [0.2, 0.25) is 0 Å². The third kappa shape index (κ3) is 3.62. The fourth-order valence-electron chi connectivity index (χ4n) is 0.942. The van der Waals surface area contributed by atoms with E-state index in [0.29, 0.717) is 14.5 Å². The molecule has 0 N–H and O–H groups in total. The van der Waals surface area contributed by atoms with Crippen molar-refractivity contribution in [1.82, 2.24) is 0 Å². The normalized spacial score (nSPS) is 9.25. The molecule has 0 radical (unpaired) electrons. The summed E-state index contributed by atoms with van der Waals surface area (Å²) in [7, 11) is 0. The van der Waals surface area contributed by atoms with E-state index < -0.39 is 5.97 Å². The molecule has 0 spiro atoms. The van der Waals surface area contributed by atoms with Gasteiger partial charge in [0, 0.05) is 14.9 Å². The van der Waals surface area contributed by atoms with E-state index in [1.165, 1.54) is 12.1 Å². The fraction of sp³-hybridized carbons (Fsp3) is 0.182.